The zero-order valence-corrected chi connectivity index (χ0v) is 17.2. The summed E-state index contributed by atoms with van der Waals surface area (Å²) in [5.74, 6) is -0.504. The second-order valence-electron chi connectivity index (χ2n) is 7.10. The van der Waals surface area contributed by atoms with Gasteiger partial charge >= 0.3 is 4.87 Å². The number of benzene rings is 2. The van der Waals surface area contributed by atoms with Crippen LogP contribution in [-0.2, 0) is 17.9 Å². The molecule has 30 heavy (non-hydrogen) atoms. The molecule has 0 saturated heterocycles. The van der Waals surface area contributed by atoms with Crippen LogP contribution in [0.1, 0.15) is 23.7 Å². The summed E-state index contributed by atoms with van der Waals surface area (Å²) >= 11 is 1.13. The van der Waals surface area contributed by atoms with Crippen molar-refractivity contribution in [1.82, 2.24) is 19.4 Å². The molecule has 0 saturated carbocycles. The van der Waals surface area contributed by atoms with E-state index in [1.807, 2.05) is 35.8 Å². The van der Waals surface area contributed by atoms with Crippen LogP contribution in [0.25, 0.3) is 11.0 Å². The number of aromatic nitrogens is 3. The molecule has 4 rings (SSSR count). The van der Waals surface area contributed by atoms with Gasteiger partial charge in [0.05, 0.1) is 23.4 Å². The fourth-order valence-corrected chi connectivity index (χ4v) is 4.20. The Morgan fingerprint density at radius 1 is 1.20 bits per heavy atom. The number of carbonyl (C=O) groups is 1. The predicted molar refractivity (Wildman–Crippen MR) is 115 cm³/mol. The molecule has 1 unspecified atom stereocenters. The lowest BCUT2D eigenvalue weighted by molar-refractivity contribution is -0.122. The summed E-state index contributed by atoms with van der Waals surface area (Å²) in [6.45, 7) is 2.63. The van der Waals surface area contributed by atoms with Crippen LogP contribution in [0.15, 0.2) is 65.0 Å². The highest BCUT2D eigenvalue weighted by Gasteiger charge is 2.17. The van der Waals surface area contributed by atoms with E-state index in [0.29, 0.717) is 13.1 Å². The van der Waals surface area contributed by atoms with Crippen LogP contribution in [0.4, 0.5) is 4.39 Å². The molecule has 6 nitrogen and oxygen atoms in total. The van der Waals surface area contributed by atoms with Crippen LogP contribution in [0.5, 0.6) is 0 Å². The van der Waals surface area contributed by atoms with E-state index >= 15 is 0 Å². The number of amides is 1. The first kappa shape index (κ1) is 20.0. The molecule has 2 aromatic heterocycles. The van der Waals surface area contributed by atoms with Crippen molar-refractivity contribution in [1.29, 1.82) is 0 Å². The third-order valence-corrected chi connectivity index (χ3v) is 5.93. The monoisotopic (exact) mass is 424 g/mol. The molecule has 0 spiro atoms. The Hall–Kier alpha value is -3.26. The molecule has 0 fully saturated rings. The minimum atomic E-state index is -0.365. The lowest BCUT2D eigenvalue weighted by Crippen LogP contribution is -2.32. The molecule has 1 amide bonds. The van der Waals surface area contributed by atoms with Gasteiger partial charge in [-0.15, -0.1) is 0 Å². The predicted octanol–water partition coefficient (Wildman–Crippen LogP) is 3.65. The molecule has 1 atom stereocenters. The highest BCUT2D eigenvalue weighted by molar-refractivity contribution is 7.07. The summed E-state index contributed by atoms with van der Waals surface area (Å²) in [7, 11) is 0. The van der Waals surface area contributed by atoms with Crippen molar-refractivity contribution in [2.75, 3.05) is 0 Å². The van der Waals surface area contributed by atoms with Crippen molar-refractivity contribution in [2.45, 2.75) is 32.5 Å². The molecular formula is C22H21FN4O2S. The van der Waals surface area contributed by atoms with Crippen LogP contribution in [0, 0.1) is 12.7 Å². The molecule has 0 aliphatic heterocycles. The van der Waals surface area contributed by atoms with Crippen LogP contribution in [0.3, 0.4) is 0 Å². The van der Waals surface area contributed by atoms with E-state index < -0.39 is 0 Å². The number of hydrogen-bond acceptors (Lipinski definition) is 4. The molecule has 8 heteroatoms. The normalized spacial score (nSPS) is 12.2. The van der Waals surface area contributed by atoms with Gasteiger partial charge in [0.2, 0.25) is 5.91 Å². The largest absolute Gasteiger partial charge is 0.347 e. The smallest absolute Gasteiger partial charge is 0.307 e. The van der Waals surface area contributed by atoms with Crippen molar-refractivity contribution >= 4 is 28.3 Å². The third-order valence-electron chi connectivity index (χ3n) is 5.05. The number of para-hydroxylation sites is 2. The number of rotatable bonds is 7. The van der Waals surface area contributed by atoms with Crippen molar-refractivity contribution < 1.29 is 9.18 Å². The second kappa shape index (κ2) is 8.62. The van der Waals surface area contributed by atoms with Gasteiger partial charge in [-0.25, -0.2) is 9.37 Å². The average Bonchev–Trinajstić information content (AvgIpc) is 3.29. The fourth-order valence-electron chi connectivity index (χ4n) is 3.44. The van der Waals surface area contributed by atoms with Crippen LogP contribution in [0.2, 0.25) is 0 Å². The fraction of sp³-hybridized carbons (Fsp3) is 0.227. The van der Waals surface area contributed by atoms with Crippen molar-refractivity contribution in [2.24, 2.45) is 0 Å². The van der Waals surface area contributed by atoms with E-state index in [4.69, 9.17) is 0 Å². The summed E-state index contributed by atoms with van der Waals surface area (Å²) < 4.78 is 17.0. The van der Waals surface area contributed by atoms with Crippen LogP contribution < -0.4 is 10.2 Å². The maximum absolute atomic E-state index is 13.4. The number of fused-ring (bicyclic) bond motifs is 1. The number of hydrogen-bond donors (Lipinski definition) is 1. The molecule has 0 aliphatic carbocycles. The summed E-state index contributed by atoms with van der Waals surface area (Å²) in [6.07, 6.45) is 1.92. The average molecular weight is 425 g/mol. The van der Waals surface area contributed by atoms with Gasteiger partial charge in [-0.3, -0.25) is 9.59 Å². The van der Waals surface area contributed by atoms with E-state index in [9.17, 15) is 14.0 Å². The Morgan fingerprint density at radius 3 is 2.70 bits per heavy atom. The molecule has 2 aromatic carbocycles. The summed E-state index contributed by atoms with van der Waals surface area (Å²) in [5.41, 5.74) is 3.47. The SMILES string of the molecule is Cc1csc(=O)n1CCC(=O)NC(Cn1cnc2ccccc21)c1ccc(F)cc1. The number of imidazole rings is 1. The van der Waals surface area contributed by atoms with E-state index in [1.54, 1.807) is 28.4 Å². The van der Waals surface area contributed by atoms with Crippen molar-refractivity contribution in [3.63, 3.8) is 0 Å². The van der Waals surface area contributed by atoms with Gasteiger partial charge in [-0.1, -0.05) is 35.6 Å². The van der Waals surface area contributed by atoms with Gasteiger partial charge in [0.1, 0.15) is 5.82 Å². The number of nitrogens with zero attached hydrogens (tertiary/aromatic N) is 3. The standard InChI is InChI=1S/C22H21FN4O2S/c1-15-13-30-22(29)27(15)11-10-21(28)25-19(16-6-8-17(23)9-7-16)12-26-14-24-18-4-2-3-5-20(18)26/h2-9,13-14,19H,10-12H2,1H3,(H,25,28). The first-order chi connectivity index (χ1) is 14.5. The number of carbonyl (C=O) groups excluding carboxylic acids is 1. The maximum atomic E-state index is 13.4. The Bertz CT molecular complexity index is 1230. The van der Waals surface area contributed by atoms with Crippen molar-refractivity contribution in [3.8, 4) is 0 Å². The lowest BCUT2D eigenvalue weighted by atomic mass is 10.1. The molecule has 1 N–H and O–H groups in total. The van der Waals surface area contributed by atoms with Crippen molar-refractivity contribution in [3.05, 3.63) is 87.0 Å². The second-order valence-corrected chi connectivity index (χ2v) is 7.92. The number of aryl methyl sites for hydroxylation is 1. The van der Waals surface area contributed by atoms with Gasteiger partial charge in [0, 0.05) is 30.6 Å². The van der Waals surface area contributed by atoms with Gasteiger partial charge < -0.3 is 14.5 Å². The van der Waals surface area contributed by atoms with Crippen LogP contribution >= 0.6 is 11.3 Å². The van der Waals surface area contributed by atoms with E-state index in [1.165, 1.54) is 12.1 Å². The van der Waals surface area contributed by atoms with Gasteiger partial charge in [-0.05, 0) is 36.8 Å². The Labute approximate surface area is 176 Å². The maximum Gasteiger partial charge on any atom is 0.307 e. The summed E-state index contributed by atoms with van der Waals surface area (Å²) in [4.78, 5) is 28.9. The molecule has 2 heterocycles. The summed E-state index contributed by atoms with van der Waals surface area (Å²) in [6, 6.07) is 13.5. The Morgan fingerprint density at radius 2 is 1.97 bits per heavy atom. The van der Waals surface area contributed by atoms with E-state index in [-0.39, 0.29) is 29.1 Å². The minimum Gasteiger partial charge on any atom is -0.347 e. The van der Waals surface area contributed by atoms with Gasteiger partial charge in [-0.2, -0.15) is 0 Å². The molecule has 4 aromatic rings. The van der Waals surface area contributed by atoms with E-state index in [0.717, 1.165) is 33.6 Å². The topological polar surface area (TPSA) is 68.9 Å². The summed E-state index contributed by atoms with van der Waals surface area (Å²) in [5, 5.41) is 4.82. The van der Waals surface area contributed by atoms with E-state index in [2.05, 4.69) is 10.3 Å². The quantitative estimate of drug-likeness (QED) is 0.492. The van der Waals surface area contributed by atoms with Gasteiger partial charge in [0.25, 0.3) is 0 Å². The molecule has 154 valence electrons. The molecule has 0 bridgehead atoms. The zero-order valence-electron chi connectivity index (χ0n) is 16.4. The number of thiazole rings is 1. The van der Waals surface area contributed by atoms with Crippen LogP contribution in [-0.4, -0.2) is 20.0 Å². The molecule has 0 aliphatic rings. The first-order valence-corrected chi connectivity index (χ1v) is 10.5. The first-order valence-electron chi connectivity index (χ1n) is 9.61. The molecule has 0 radical (unpaired) electrons. The lowest BCUT2D eigenvalue weighted by Gasteiger charge is -2.20. The highest BCUT2D eigenvalue weighted by Crippen LogP contribution is 2.20. The number of halogens is 1. The number of nitrogens with one attached hydrogen (secondary N) is 1. The third kappa shape index (κ3) is 4.33. The zero-order chi connectivity index (χ0) is 21.1. The molecular weight excluding hydrogens is 403 g/mol. The highest BCUT2D eigenvalue weighted by atomic mass is 32.1. The Balaban J connectivity index is 1.53. The Kier molecular flexibility index (Phi) is 5.76. The van der Waals surface area contributed by atoms with Gasteiger partial charge in [0.15, 0.2) is 0 Å². The minimum absolute atomic E-state index is 0.0692.